The van der Waals surface area contributed by atoms with Gasteiger partial charge in [0, 0.05) is 29.1 Å². The van der Waals surface area contributed by atoms with E-state index in [-0.39, 0.29) is 6.04 Å². The fourth-order valence-corrected chi connectivity index (χ4v) is 2.96. The zero-order valence-electron chi connectivity index (χ0n) is 13.9. The number of amides is 1. The van der Waals surface area contributed by atoms with Crippen molar-refractivity contribution < 1.29 is 9.53 Å². The van der Waals surface area contributed by atoms with Crippen LogP contribution in [0, 0.1) is 11.8 Å². The predicted octanol–water partition coefficient (Wildman–Crippen LogP) is 4.00. The van der Waals surface area contributed by atoms with Gasteiger partial charge in [-0.3, -0.25) is 4.98 Å². The van der Waals surface area contributed by atoms with Gasteiger partial charge in [0.25, 0.3) is 0 Å². The highest BCUT2D eigenvalue weighted by atomic mass is 16.6. The van der Waals surface area contributed by atoms with E-state index in [1.165, 1.54) is 0 Å². The molecule has 2 aromatic carbocycles. The molecular weight excluding hydrogens is 324 g/mol. The third kappa shape index (κ3) is 3.42. The van der Waals surface area contributed by atoms with Crippen LogP contribution in [0.2, 0.25) is 0 Å². The minimum absolute atomic E-state index is 0.273. The molecule has 26 heavy (non-hydrogen) atoms. The molecule has 2 unspecified atom stereocenters. The largest absolute Gasteiger partial charge is 0.439 e. The van der Waals surface area contributed by atoms with Gasteiger partial charge in [-0.25, -0.2) is 4.79 Å². The standard InChI is InChI=1S/C22H16N2O2/c25-22-24-20(21(26-22)19-10-5-13-23-15-19)18-9-4-8-17(14-18)12-11-16-6-2-1-3-7-16/h1-10,13-15,20-21H,(H,24,25). The normalized spacial score (nSPS) is 18.4. The molecule has 1 N–H and O–H groups in total. The molecule has 1 fully saturated rings. The first-order valence-electron chi connectivity index (χ1n) is 8.34. The summed E-state index contributed by atoms with van der Waals surface area (Å²) in [5.41, 5.74) is 3.65. The third-order valence-corrected chi connectivity index (χ3v) is 4.19. The lowest BCUT2D eigenvalue weighted by molar-refractivity contribution is 0.132. The Bertz CT molecular complexity index is 975. The minimum Gasteiger partial charge on any atom is -0.439 e. The first-order valence-corrected chi connectivity index (χ1v) is 8.34. The van der Waals surface area contributed by atoms with Gasteiger partial charge >= 0.3 is 6.09 Å². The van der Waals surface area contributed by atoms with Crippen LogP contribution in [0.25, 0.3) is 0 Å². The monoisotopic (exact) mass is 340 g/mol. The van der Waals surface area contributed by atoms with Crippen LogP contribution in [0.3, 0.4) is 0 Å². The Balaban J connectivity index is 1.63. The molecule has 3 aromatic rings. The number of hydrogen-bond donors (Lipinski definition) is 1. The molecule has 4 heteroatoms. The Hall–Kier alpha value is -3.58. The number of benzene rings is 2. The minimum atomic E-state index is -0.426. The molecule has 0 saturated carbocycles. The molecule has 0 bridgehead atoms. The summed E-state index contributed by atoms with van der Waals surface area (Å²) in [7, 11) is 0. The molecule has 0 aliphatic carbocycles. The smallest absolute Gasteiger partial charge is 0.408 e. The summed E-state index contributed by atoms with van der Waals surface area (Å²) in [5, 5.41) is 2.88. The number of nitrogens with one attached hydrogen (secondary N) is 1. The average Bonchev–Trinajstić information content (AvgIpc) is 3.10. The summed E-state index contributed by atoms with van der Waals surface area (Å²) < 4.78 is 5.46. The van der Waals surface area contributed by atoms with Gasteiger partial charge in [-0.1, -0.05) is 48.2 Å². The van der Waals surface area contributed by atoms with Crippen molar-refractivity contribution in [2.45, 2.75) is 12.1 Å². The van der Waals surface area contributed by atoms with E-state index in [0.717, 1.165) is 22.3 Å². The number of carbonyl (C=O) groups is 1. The number of aromatic nitrogens is 1. The first-order chi connectivity index (χ1) is 12.8. The van der Waals surface area contributed by atoms with Gasteiger partial charge in [0.1, 0.15) is 0 Å². The molecule has 1 aromatic heterocycles. The molecule has 0 radical (unpaired) electrons. The van der Waals surface area contributed by atoms with Crippen LogP contribution in [0.1, 0.15) is 34.4 Å². The van der Waals surface area contributed by atoms with Gasteiger partial charge in [-0.05, 0) is 35.9 Å². The SMILES string of the molecule is O=C1NC(c2cccc(C#Cc3ccccc3)c2)C(c2cccnc2)O1. The second-order valence-corrected chi connectivity index (χ2v) is 5.98. The van der Waals surface area contributed by atoms with Crippen molar-refractivity contribution in [2.75, 3.05) is 0 Å². The lowest BCUT2D eigenvalue weighted by atomic mass is 9.96. The molecule has 4 nitrogen and oxygen atoms in total. The van der Waals surface area contributed by atoms with E-state index in [2.05, 4.69) is 22.1 Å². The number of cyclic esters (lactones) is 1. The predicted molar refractivity (Wildman–Crippen MR) is 98.2 cm³/mol. The van der Waals surface area contributed by atoms with Crippen LogP contribution in [0.4, 0.5) is 4.79 Å². The Morgan fingerprint density at radius 3 is 2.46 bits per heavy atom. The van der Waals surface area contributed by atoms with E-state index in [1.807, 2.05) is 66.7 Å². The highest BCUT2D eigenvalue weighted by Gasteiger charge is 2.36. The van der Waals surface area contributed by atoms with Crippen LogP contribution in [0.5, 0.6) is 0 Å². The summed E-state index contributed by atoms with van der Waals surface area (Å²) >= 11 is 0. The van der Waals surface area contributed by atoms with Gasteiger partial charge in [0.15, 0.2) is 6.10 Å². The first kappa shape index (κ1) is 15.9. The topological polar surface area (TPSA) is 51.2 Å². The van der Waals surface area contributed by atoms with Crippen LogP contribution in [0.15, 0.2) is 79.1 Å². The Labute approximate surface area is 151 Å². The molecular formula is C22H16N2O2. The second kappa shape index (κ2) is 7.12. The van der Waals surface area contributed by atoms with E-state index >= 15 is 0 Å². The van der Waals surface area contributed by atoms with E-state index in [9.17, 15) is 4.79 Å². The van der Waals surface area contributed by atoms with Gasteiger partial charge in [-0.15, -0.1) is 0 Å². The van der Waals surface area contributed by atoms with Crippen molar-refractivity contribution in [1.82, 2.24) is 10.3 Å². The summed E-state index contributed by atoms with van der Waals surface area (Å²) in [6.45, 7) is 0. The molecule has 1 aliphatic heterocycles. The van der Waals surface area contributed by atoms with Crippen molar-refractivity contribution >= 4 is 6.09 Å². The van der Waals surface area contributed by atoms with E-state index in [4.69, 9.17) is 4.74 Å². The maximum atomic E-state index is 11.8. The number of pyridine rings is 1. The van der Waals surface area contributed by atoms with Crippen LogP contribution < -0.4 is 5.32 Å². The molecule has 1 amide bonds. The Morgan fingerprint density at radius 2 is 1.65 bits per heavy atom. The molecule has 4 rings (SSSR count). The van der Waals surface area contributed by atoms with E-state index in [0.29, 0.717) is 0 Å². The molecule has 2 heterocycles. The van der Waals surface area contributed by atoms with Crippen molar-refractivity contribution in [3.63, 3.8) is 0 Å². The fourth-order valence-electron chi connectivity index (χ4n) is 2.96. The fraction of sp³-hybridized carbons (Fsp3) is 0.0909. The number of alkyl carbamates (subject to hydrolysis) is 1. The third-order valence-electron chi connectivity index (χ3n) is 4.19. The van der Waals surface area contributed by atoms with Crippen molar-refractivity contribution in [3.05, 3.63) is 101 Å². The summed E-state index contributed by atoms with van der Waals surface area (Å²) in [5.74, 6) is 6.33. The Morgan fingerprint density at radius 1 is 0.885 bits per heavy atom. The van der Waals surface area contributed by atoms with Crippen molar-refractivity contribution in [1.29, 1.82) is 0 Å². The van der Waals surface area contributed by atoms with Crippen LogP contribution in [-0.2, 0) is 4.74 Å². The average molecular weight is 340 g/mol. The highest BCUT2D eigenvalue weighted by molar-refractivity contribution is 5.71. The van der Waals surface area contributed by atoms with E-state index < -0.39 is 12.2 Å². The maximum Gasteiger partial charge on any atom is 0.408 e. The maximum absolute atomic E-state index is 11.8. The summed E-state index contributed by atoms with van der Waals surface area (Å²) in [6.07, 6.45) is 2.58. The van der Waals surface area contributed by atoms with Gasteiger partial charge < -0.3 is 10.1 Å². The summed E-state index contributed by atoms with van der Waals surface area (Å²) in [6, 6.07) is 21.2. The number of rotatable bonds is 2. The number of ether oxygens (including phenoxy) is 1. The van der Waals surface area contributed by atoms with Gasteiger partial charge in [0.05, 0.1) is 6.04 Å². The molecule has 2 atom stereocenters. The van der Waals surface area contributed by atoms with E-state index in [1.54, 1.807) is 12.4 Å². The highest BCUT2D eigenvalue weighted by Crippen LogP contribution is 2.36. The Kier molecular flexibility index (Phi) is 4.36. The summed E-state index contributed by atoms with van der Waals surface area (Å²) in [4.78, 5) is 15.9. The lowest BCUT2D eigenvalue weighted by Crippen LogP contribution is -2.19. The zero-order valence-corrected chi connectivity index (χ0v) is 13.9. The number of carbonyl (C=O) groups excluding carboxylic acids is 1. The number of hydrogen-bond acceptors (Lipinski definition) is 3. The van der Waals surface area contributed by atoms with Crippen LogP contribution in [-0.4, -0.2) is 11.1 Å². The molecule has 1 saturated heterocycles. The quantitative estimate of drug-likeness (QED) is 0.717. The number of nitrogens with zero attached hydrogens (tertiary/aromatic N) is 1. The molecule has 0 spiro atoms. The molecule has 1 aliphatic rings. The second-order valence-electron chi connectivity index (χ2n) is 5.98. The van der Waals surface area contributed by atoms with Crippen LogP contribution >= 0.6 is 0 Å². The lowest BCUT2D eigenvalue weighted by Gasteiger charge is -2.17. The zero-order chi connectivity index (χ0) is 17.8. The van der Waals surface area contributed by atoms with Gasteiger partial charge in [-0.2, -0.15) is 0 Å². The van der Waals surface area contributed by atoms with Crippen molar-refractivity contribution in [2.24, 2.45) is 0 Å². The van der Waals surface area contributed by atoms with Crippen molar-refractivity contribution in [3.8, 4) is 11.8 Å². The van der Waals surface area contributed by atoms with Gasteiger partial charge in [0.2, 0.25) is 0 Å². The molecule has 126 valence electrons.